The summed E-state index contributed by atoms with van der Waals surface area (Å²) in [5.74, 6) is 0. The van der Waals surface area contributed by atoms with Gasteiger partial charge in [-0.15, -0.1) is 0 Å². The molecule has 1 rings (SSSR count). The largest absolute Gasteiger partial charge is 0.396 e. The van der Waals surface area contributed by atoms with Gasteiger partial charge in [0.2, 0.25) is 0 Å². The van der Waals surface area contributed by atoms with Gasteiger partial charge in [0.1, 0.15) is 0 Å². The van der Waals surface area contributed by atoms with Gasteiger partial charge in [0.15, 0.2) is 0 Å². The molecule has 0 aromatic heterocycles. The van der Waals surface area contributed by atoms with Crippen LogP contribution >= 0.6 is 21.6 Å². The van der Waals surface area contributed by atoms with Gasteiger partial charge < -0.3 is 5.11 Å². The molecule has 0 amide bonds. The Hall–Kier alpha value is 0.400. The van der Waals surface area contributed by atoms with Gasteiger partial charge in [0.05, 0.1) is 0 Å². The highest BCUT2D eigenvalue weighted by Gasteiger charge is 2.19. The van der Waals surface area contributed by atoms with Crippen molar-refractivity contribution in [2.75, 3.05) is 6.61 Å². The first-order valence-corrected chi connectivity index (χ1v) is 13.3. The lowest BCUT2D eigenvalue weighted by Gasteiger charge is -2.12. The summed E-state index contributed by atoms with van der Waals surface area (Å²) in [7, 11) is 3.89. The third-order valence-electron chi connectivity index (χ3n) is 5.23. The smallest absolute Gasteiger partial charge is 0.0431 e. The fourth-order valence-electron chi connectivity index (χ4n) is 3.55. The highest BCUT2D eigenvalue weighted by atomic mass is 33.1. The molecule has 0 aromatic rings. The van der Waals surface area contributed by atoms with Crippen LogP contribution in [0.2, 0.25) is 0 Å². The van der Waals surface area contributed by atoms with E-state index in [1.165, 1.54) is 96.3 Å². The SMILES string of the molecule is CCCCCCCCCCCCCCCCC1=CSSC1CCCO. The van der Waals surface area contributed by atoms with Gasteiger partial charge in [-0.2, -0.15) is 0 Å². The molecule has 0 fully saturated rings. The highest BCUT2D eigenvalue weighted by Crippen LogP contribution is 2.44. The second kappa shape index (κ2) is 17.8. The fraction of sp³-hybridized carbons (Fsp3) is 0.909. The fourth-order valence-corrected chi connectivity index (χ4v) is 6.40. The van der Waals surface area contributed by atoms with Crippen LogP contribution in [-0.2, 0) is 0 Å². The summed E-state index contributed by atoms with van der Waals surface area (Å²) in [5, 5.41) is 12.0. The van der Waals surface area contributed by atoms with Gasteiger partial charge in [-0.25, -0.2) is 0 Å². The number of aliphatic hydroxyl groups is 1. The van der Waals surface area contributed by atoms with Crippen LogP contribution in [0.3, 0.4) is 0 Å². The van der Waals surface area contributed by atoms with Gasteiger partial charge in [-0.05, 0) is 36.7 Å². The van der Waals surface area contributed by atoms with E-state index in [1.54, 1.807) is 5.57 Å². The summed E-state index contributed by atoms with van der Waals surface area (Å²) in [6, 6.07) is 0. The van der Waals surface area contributed by atoms with Crippen molar-refractivity contribution in [1.82, 2.24) is 0 Å². The van der Waals surface area contributed by atoms with E-state index in [1.807, 2.05) is 21.6 Å². The summed E-state index contributed by atoms with van der Waals surface area (Å²) >= 11 is 0. The van der Waals surface area contributed by atoms with E-state index in [0.29, 0.717) is 11.9 Å². The molecular formula is C22H42OS2. The Morgan fingerprint density at radius 1 is 0.760 bits per heavy atom. The van der Waals surface area contributed by atoms with Crippen molar-refractivity contribution < 1.29 is 5.11 Å². The number of hydrogen-bond acceptors (Lipinski definition) is 3. The summed E-state index contributed by atoms with van der Waals surface area (Å²) in [4.78, 5) is 0. The van der Waals surface area contributed by atoms with Crippen LogP contribution in [0, 0.1) is 0 Å². The minimum atomic E-state index is 0.341. The maximum atomic E-state index is 8.99. The van der Waals surface area contributed by atoms with Crippen molar-refractivity contribution in [3.63, 3.8) is 0 Å². The summed E-state index contributed by atoms with van der Waals surface area (Å²) in [5.41, 5.74) is 1.64. The second-order valence-electron chi connectivity index (χ2n) is 7.59. The van der Waals surface area contributed by atoms with Crippen LogP contribution in [0.5, 0.6) is 0 Å². The quantitative estimate of drug-likeness (QED) is 0.189. The van der Waals surface area contributed by atoms with Gasteiger partial charge >= 0.3 is 0 Å². The first-order valence-electron chi connectivity index (χ1n) is 11.0. The van der Waals surface area contributed by atoms with Gasteiger partial charge in [0, 0.05) is 11.9 Å². The van der Waals surface area contributed by atoms with E-state index in [4.69, 9.17) is 5.11 Å². The molecule has 1 aliphatic rings. The predicted molar refractivity (Wildman–Crippen MR) is 118 cm³/mol. The molecule has 0 saturated carbocycles. The number of rotatable bonds is 18. The van der Waals surface area contributed by atoms with E-state index in [0.717, 1.165) is 12.8 Å². The average molecular weight is 387 g/mol. The predicted octanol–water partition coefficient (Wildman–Crippen LogP) is 8.28. The zero-order chi connectivity index (χ0) is 18.0. The van der Waals surface area contributed by atoms with E-state index in [9.17, 15) is 0 Å². The summed E-state index contributed by atoms with van der Waals surface area (Å²) in [6.45, 7) is 2.63. The third-order valence-corrected chi connectivity index (χ3v) is 7.83. The van der Waals surface area contributed by atoms with Gasteiger partial charge in [-0.1, -0.05) is 112 Å². The first kappa shape index (κ1) is 23.4. The number of aliphatic hydroxyl groups excluding tert-OH is 1. The minimum Gasteiger partial charge on any atom is -0.396 e. The normalized spacial score (nSPS) is 17.2. The Bertz CT molecular complexity index is 317. The van der Waals surface area contributed by atoms with Crippen LogP contribution in [0.15, 0.2) is 11.0 Å². The Morgan fingerprint density at radius 2 is 1.28 bits per heavy atom. The molecule has 0 radical (unpaired) electrons. The maximum absolute atomic E-state index is 8.99. The van der Waals surface area contributed by atoms with Crippen molar-refractivity contribution in [1.29, 1.82) is 0 Å². The van der Waals surface area contributed by atoms with Crippen LogP contribution in [0.1, 0.15) is 116 Å². The number of unbranched alkanes of at least 4 members (excludes halogenated alkanes) is 13. The molecule has 0 spiro atoms. The van der Waals surface area contributed by atoms with Crippen LogP contribution in [-0.4, -0.2) is 17.0 Å². The lowest BCUT2D eigenvalue weighted by Crippen LogP contribution is -2.04. The Balaban J connectivity index is 1.80. The molecular weight excluding hydrogens is 344 g/mol. The van der Waals surface area contributed by atoms with Crippen molar-refractivity contribution in [2.24, 2.45) is 0 Å². The Labute approximate surface area is 165 Å². The van der Waals surface area contributed by atoms with Gasteiger partial charge in [0.25, 0.3) is 0 Å². The van der Waals surface area contributed by atoms with E-state index >= 15 is 0 Å². The molecule has 3 heteroatoms. The van der Waals surface area contributed by atoms with Crippen molar-refractivity contribution in [3.05, 3.63) is 11.0 Å². The zero-order valence-corrected chi connectivity index (χ0v) is 18.3. The molecule has 1 heterocycles. The maximum Gasteiger partial charge on any atom is 0.0431 e. The minimum absolute atomic E-state index is 0.341. The van der Waals surface area contributed by atoms with Gasteiger partial charge in [-0.3, -0.25) is 0 Å². The molecule has 0 bridgehead atoms. The molecule has 1 unspecified atom stereocenters. The molecule has 148 valence electrons. The van der Waals surface area contributed by atoms with Crippen molar-refractivity contribution in [3.8, 4) is 0 Å². The lowest BCUT2D eigenvalue weighted by molar-refractivity contribution is 0.285. The molecule has 1 atom stereocenters. The molecule has 0 saturated heterocycles. The standard InChI is InChI=1S/C22H42OS2/c1-2-3-4-5-6-7-8-9-10-11-12-13-14-15-17-21-20-24-25-22(21)18-16-19-23/h20,22-23H,2-19H2,1H3. The number of hydrogen-bond donors (Lipinski definition) is 1. The average Bonchev–Trinajstić information content (AvgIpc) is 3.07. The third kappa shape index (κ3) is 13.2. The van der Waals surface area contributed by atoms with Crippen LogP contribution in [0.4, 0.5) is 0 Å². The molecule has 1 nitrogen and oxygen atoms in total. The first-order chi connectivity index (χ1) is 12.4. The topological polar surface area (TPSA) is 20.2 Å². The molecule has 25 heavy (non-hydrogen) atoms. The second-order valence-corrected chi connectivity index (χ2v) is 9.93. The molecule has 1 N–H and O–H groups in total. The Morgan fingerprint density at radius 3 is 1.80 bits per heavy atom. The van der Waals surface area contributed by atoms with Crippen LogP contribution < -0.4 is 0 Å². The zero-order valence-electron chi connectivity index (χ0n) is 16.6. The van der Waals surface area contributed by atoms with Crippen molar-refractivity contribution in [2.45, 2.75) is 121 Å². The van der Waals surface area contributed by atoms with Crippen LogP contribution in [0.25, 0.3) is 0 Å². The Kier molecular flexibility index (Phi) is 16.7. The lowest BCUT2D eigenvalue weighted by atomic mass is 10.0. The molecule has 0 aromatic carbocycles. The molecule has 1 aliphatic heterocycles. The van der Waals surface area contributed by atoms with Crippen molar-refractivity contribution >= 4 is 21.6 Å². The van der Waals surface area contributed by atoms with E-state index in [2.05, 4.69) is 12.3 Å². The summed E-state index contributed by atoms with van der Waals surface area (Å²) in [6.07, 6.45) is 23.5. The highest BCUT2D eigenvalue weighted by molar-refractivity contribution is 8.78. The molecule has 0 aliphatic carbocycles. The van der Waals surface area contributed by atoms with E-state index < -0.39 is 0 Å². The van der Waals surface area contributed by atoms with E-state index in [-0.39, 0.29) is 0 Å². The summed E-state index contributed by atoms with van der Waals surface area (Å²) < 4.78 is 0. The monoisotopic (exact) mass is 386 g/mol.